The Kier molecular flexibility index (Phi) is 2.78. The summed E-state index contributed by atoms with van der Waals surface area (Å²) in [5.74, 6) is 0. The first kappa shape index (κ1) is 12.3. The molecule has 0 N–H and O–H groups in total. The van der Waals surface area contributed by atoms with Crippen LogP contribution in [0.2, 0.25) is 0 Å². The van der Waals surface area contributed by atoms with Crippen LogP contribution in [0.1, 0.15) is 0 Å². The van der Waals surface area contributed by atoms with Crippen molar-refractivity contribution in [2.45, 2.75) is 0 Å². The first-order chi connectivity index (χ1) is 2.45. The Morgan fingerprint density at radius 3 is 0.625 bits per heavy atom. The Morgan fingerprint density at radius 1 is 0.625 bits per heavy atom. The quantitative estimate of drug-likeness (QED) is 0.455. The summed E-state index contributed by atoms with van der Waals surface area (Å²) in [6.45, 7) is 0. The third kappa shape index (κ3) is 129. The monoisotopic (exact) mass is 368 g/mol. The molecule has 0 bridgehead atoms. The molecule has 0 fully saturated rings. The van der Waals surface area contributed by atoms with Crippen LogP contribution < -0.4 is 0 Å². The van der Waals surface area contributed by atoms with Crippen molar-refractivity contribution in [1.29, 1.82) is 0 Å². The molecule has 0 heterocycles. The zero-order valence-corrected chi connectivity index (χ0v) is 12.8. The maximum Gasteiger partial charge on any atom is 1.00 e. The minimum absolute atomic E-state index is 0. The molecule has 0 aliphatic heterocycles. The smallest absolute Gasteiger partial charge is 1.00 e. The van der Waals surface area contributed by atoms with Crippen LogP contribution in [0.3, 0.4) is 0 Å². The summed E-state index contributed by atoms with van der Waals surface area (Å²) in [5.41, 5.74) is 0. The average Bonchev–Trinajstić information content (AvgIpc) is 0.592. The molecule has 0 aromatic carbocycles. The molecule has 0 atom stereocenters. The molecular weight excluding hydrogens is 368 g/mol. The van der Waals surface area contributed by atoms with Gasteiger partial charge >= 0.3 is 82.9 Å². The van der Waals surface area contributed by atoms with Crippen LogP contribution in [0.25, 0.3) is 0 Å². The van der Waals surface area contributed by atoms with Crippen LogP contribution in [-0.2, 0) is 0 Å². The standard InChI is InChI=1S/F6P.Fr/c1-7(2,3,4,5)6;/q-1;+1. The van der Waals surface area contributed by atoms with Gasteiger partial charge in [0.05, 0.1) is 0 Å². The second-order valence-electron chi connectivity index (χ2n) is 0.958. The van der Waals surface area contributed by atoms with E-state index in [1.807, 2.05) is 0 Å². The molecule has 0 unspecified atom stereocenters. The predicted octanol–water partition coefficient (Wildman–Crippen LogP) is 3.38. The SMILES string of the molecule is F[P-](F)(F)(F)(F)F.[Fr+]. The van der Waals surface area contributed by atoms with Gasteiger partial charge in [-0.3, -0.25) is 0 Å². The minimum Gasteiger partial charge on any atom is 1.00 e. The Bertz CT molecular complexity index is 67.1. The van der Waals surface area contributed by atoms with E-state index >= 15 is 0 Å². The van der Waals surface area contributed by atoms with Crippen LogP contribution >= 0.6 is 7.81 Å². The van der Waals surface area contributed by atoms with Crippen molar-refractivity contribution in [3.05, 3.63) is 0 Å². The summed E-state index contributed by atoms with van der Waals surface area (Å²) >= 11 is 0. The molecule has 0 aromatic heterocycles. The molecule has 0 saturated carbocycles. The van der Waals surface area contributed by atoms with E-state index in [1.54, 1.807) is 0 Å². The first-order valence-corrected chi connectivity index (χ1v) is 3.04. The van der Waals surface area contributed by atoms with E-state index in [1.165, 1.54) is 0 Å². The van der Waals surface area contributed by atoms with Gasteiger partial charge in [-0.1, -0.05) is 0 Å². The van der Waals surface area contributed by atoms with E-state index in [4.69, 9.17) is 0 Å². The van der Waals surface area contributed by atoms with Crippen molar-refractivity contribution in [3.8, 4) is 0 Å². The molecule has 0 amide bonds. The van der Waals surface area contributed by atoms with Gasteiger partial charge in [0.1, 0.15) is 0 Å². The topological polar surface area (TPSA) is 0 Å². The summed E-state index contributed by atoms with van der Waals surface area (Å²) in [6, 6.07) is 0. The molecular formula is F6FrP. The van der Waals surface area contributed by atoms with Gasteiger partial charge < -0.3 is 0 Å². The van der Waals surface area contributed by atoms with E-state index in [9.17, 15) is 25.2 Å². The molecule has 0 aliphatic rings. The minimum atomic E-state index is -10.7. The normalized spacial score (nSPS) is 20.2. The van der Waals surface area contributed by atoms with E-state index in [0.717, 1.165) is 0 Å². The van der Waals surface area contributed by atoms with Gasteiger partial charge in [0.15, 0.2) is 0 Å². The van der Waals surface area contributed by atoms with Gasteiger partial charge in [-0.05, 0) is 0 Å². The molecule has 8 heteroatoms. The van der Waals surface area contributed by atoms with E-state index in [0.29, 0.717) is 0 Å². The van der Waals surface area contributed by atoms with E-state index < -0.39 is 7.81 Å². The second-order valence-corrected chi connectivity index (χ2v) is 2.87. The third-order valence-corrected chi connectivity index (χ3v) is 0. The number of rotatable bonds is 0. The van der Waals surface area contributed by atoms with Crippen LogP contribution in [0.5, 0.6) is 0 Å². The molecule has 0 nitrogen and oxygen atoms in total. The van der Waals surface area contributed by atoms with Gasteiger partial charge in [0.2, 0.25) is 0 Å². The summed E-state index contributed by atoms with van der Waals surface area (Å²) in [7, 11) is -10.7. The zero-order valence-electron chi connectivity index (χ0n) is 3.72. The van der Waals surface area contributed by atoms with Crippen molar-refractivity contribution in [1.82, 2.24) is 0 Å². The maximum atomic E-state index is 9.87. The van der Waals surface area contributed by atoms with Gasteiger partial charge in [0, 0.05) is 0 Å². The summed E-state index contributed by atoms with van der Waals surface area (Å²) in [6.07, 6.45) is 0. The molecule has 0 aromatic rings. The molecule has 0 saturated heterocycles. The van der Waals surface area contributed by atoms with Crippen molar-refractivity contribution in [2.24, 2.45) is 0 Å². The van der Waals surface area contributed by atoms with Crippen molar-refractivity contribution in [3.63, 3.8) is 0 Å². The predicted molar refractivity (Wildman–Crippen MR) is 13.6 cm³/mol. The molecule has 0 radical (unpaired) electrons. The van der Waals surface area contributed by atoms with E-state index in [-0.39, 0.29) is 49.9 Å². The second kappa shape index (κ2) is 1.81. The third-order valence-electron chi connectivity index (χ3n) is 0. The Morgan fingerprint density at radius 2 is 0.625 bits per heavy atom. The van der Waals surface area contributed by atoms with Crippen molar-refractivity contribution >= 4 is 7.81 Å². The molecule has 0 spiro atoms. The van der Waals surface area contributed by atoms with Crippen molar-refractivity contribution in [2.75, 3.05) is 0 Å². The summed E-state index contributed by atoms with van der Waals surface area (Å²) < 4.78 is 59.2. The number of halogens is 6. The van der Waals surface area contributed by atoms with Gasteiger partial charge in [-0.25, -0.2) is 0 Å². The summed E-state index contributed by atoms with van der Waals surface area (Å²) in [4.78, 5) is 0. The first-order valence-electron chi connectivity index (χ1n) is 1.01. The largest absolute Gasteiger partial charge is 1.00 e. The Labute approximate surface area is 81.9 Å². The number of hydrogen-bond donors (Lipinski definition) is 0. The fourth-order valence-electron chi connectivity index (χ4n) is 0. The van der Waals surface area contributed by atoms with Gasteiger partial charge in [-0.15, -0.1) is 0 Å². The zero-order chi connectivity index (χ0) is 6.41. The molecule has 48 valence electrons. The molecule has 0 rings (SSSR count). The Hall–Kier alpha value is 1.61. The summed E-state index contributed by atoms with van der Waals surface area (Å²) in [5, 5.41) is 0. The average molecular weight is 368 g/mol. The van der Waals surface area contributed by atoms with Crippen LogP contribution in [0, 0.1) is 49.9 Å². The fraction of sp³-hybridized carbons (Fsp3) is 0. The molecule has 8 heavy (non-hydrogen) atoms. The fourth-order valence-corrected chi connectivity index (χ4v) is 0. The van der Waals surface area contributed by atoms with Gasteiger partial charge in [-0.2, -0.15) is 0 Å². The van der Waals surface area contributed by atoms with Crippen LogP contribution in [0.4, 0.5) is 25.2 Å². The number of hydrogen-bond acceptors (Lipinski definition) is 0. The maximum absolute atomic E-state index is 10.7. The van der Waals surface area contributed by atoms with Crippen LogP contribution in [-0.4, -0.2) is 0 Å². The molecule has 0 aliphatic carbocycles. The Balaban J connectivity index is 0. The van der Waals surface area contributed by atoms with Gasteiger partial charge in [0.25, 0.3) is 0 Å². The van der Waals surface area contributed by atoms with E-state index in [2.05, 4.69) is 0 Å². The van der Waals surface area contributed by atoms with Crippen molar-refractivity contribution < 1.29 is 75.1 Å². The van der Waals surface area contributed by atoms with Crippen LogP contribution in [0.15, 0.2) is 0 Å².